The molecule has 0 heterocycles. The van der Waals surface area contributed by atoms with E-state index in [4.69, 9.17) is 16.3 Å². The maximum atomic E-state index is 13.7. The average Bonchev–Trinajstić information content (AvgIpc) is 3.34. The number of nitrogens with zero attached hydrogens (tertiary/aromatic N) is 2. The second kappa shape index (κ2) is 11.9. The van der Waals surface area contributed by atoms with Gasteiger partial charge in [-0.15, -0.1) is 0 Å². The monoisotopic (exact) mass is 539 g/mol. The predicted molar refractivity (Wildman–Crippen MR) is 137 cm³/mol. The third-order valence-corrected chi connectivity index (χ3v) is 7.66. The molecule has 0 bridgehead atoms. The van der Waals surface area contributed by atoms with Gasteiger partial charge in [-0.25, -0.2) is 12.8 Å². The number of halogens is 2. The fourth-order valence-electron chi connectivity index (χ4n) is 4.20. The summed E-state index contributed by atoms with van der Waals surface area (Å²) in [4.78, 5) is 28.0. The number of rotatable bonds is 10. The van der Waals surface area contributed by atoms with E-state index in [0.29, 0.717) is 11.3 Å². The van der Waals surface area contributed by atoms with Crippen molar-refractivity contribution < 1.29 is 27.1 Å². The van der Waals surface area contributed by atoms with Crippen LogP contribution in [0.5, 0.6) is 5.75 Å². The highest BCUT2D eigenvalue weighted by molar-refractivity contribution is 7.92. The molecule has 1 aliphatic carbocycles. The summed E-state index contributed by atoms with van der Waals surface area (Å²) in [6.07, 6.45) is 4.79. The van der Waals surface area contributed by atoms with E-state index >= 15 is 0 Å². The Balaban J connectivity index is 1.90. The van der Waals surface area contributed by atoms with Crippen LogP contribution < -0.4 is 14.4 Å². The number of anilines is 1. The molecule has 0 aliphatic heterocycles. The summed E-state index contributed by atoms with van der Waals surface area (Å²) in [7, 11) is -2.41. The first kappa shape index (κ1) is 27.7. The van der Waals surface area contributed by atoms with Gasteiger partial charge in [0.2, 0.25) is 21.8 Å². The van der Waals surface area contributed by atoms with Crippen molar-refractivity contribution >= 4 is 39.1 Å². The highest BCUT2D eigenvalue weighted by Crippen LogP contribution is 2.25. The predicted octanol–water partition coefficient (Wildman–Crippen LogP) is 3.73. The molecule has 11 heteroatoms. The Morgan fingerprint density at radius 3 is 2.50 bits per heavy atom. The van der Waals surface area contributed by atoms with Gasteiger partial charge < -0.3 is 15.0 Å². The zero-order valence-electron chi connectivity index (χ0n) is 20.5. The number of amides is 2. The van der Waals surface area contributed by atoms with Gasteiger partial charge in [-0.3, -0.25) is 13.9 Å². The number of benzene rings is 2. The first-order chi connectivity index (χ1) is 17.0. The molecule has 2 aromatic rings. The van der Waals surface area contributed by atoms with Gasteiger partial charge in [0.05, 0.1) is 24.1 Å². The molecule has 2 aromatic carbocycles. The lowest BCUT2D eigenvalue weighted by Crippen LogP contribution is -2.52. The normalized spacial score (nSPS) is 14.8. The highest BCUT2D eigenvalue weighted by Gasteiger charge is 2.31. The number of hydrogen-bond donors (Lipinski definition) is 1. The van der Waals surface area contributed by atoms with Crippen LogP contribution in [-0.4, -0.2) is 57.1 Å². The van der Waals surface area contributed by atoms with Gasteiger partial charge in [0.15, 0.2) is 0 Å². The van der Waals surface area contributed by atoms with Crippen LogP contribution in [0.4, 0.5) is 10.1 Å². The van der Waals surface area contributed by atoms with Crippen molar-refractivity contribution in [2.75, 3.05) is 24.2 Å². The lowest BCUT2D eigenvalue weighted by atomic mass is 10.1. The Morgan fingerprint density at radius 1 is 1.19 bits per heavy atom. The van der Waals surface area contributed by atoms with Crippen LogP contribution in [0.25, 0.3) is 0 Å². The summed E-state index contributed by atoms with van der Waals surface area (Å²) in [6, 6.07) is 9.66. The summed E-state index contributed by atoms with van der Waals surface area (Å²) in [5.41, 5.74) is 0.751. The standard InChI is InChI=1S/C25H31ClFN3O5S/c1-17(25(32)28-19-8-4-5-9-19)29(15-18-7-6-10-21(13-18)35-2)24(31)16-30(36(3,33)34)20-11-12-23(27)22(26)14-20/h6-7,10-14,17,19H,4-5,8-9,15-16H2,1-3H3,(H,28,32)/t17-/m0/s1. The molecule has 1 fully saturated rings. The second-order valence-corrected chi connectivity index (χ2v) is 11.2. The molecule has 0 aromatic heterocycles. The van der Waals surface area contributed by atoms with Gasteiger partial charge in [-0.05, 0) is 55.7 Å². The second-order valence-electron chi connectivity index (χ2n) is 8.91. The Hall–Kier alpha value is -2.85. The van der Waals surface area contributed by atoms with E-state index in [1.54, 1.807) is 31.2 Å². The maximum Gasteiger partial charge on any atom is 0.244 e. The first-order valence-corrected chi connectivity index (χ1v) is 13.9. The van der Waals surface area contributed by atoms with Crippen LogP contribution in [0.3, 0.4) is 0 Å². The summed E-state index contributed by atoms with van der Waals surface area (Å²) in [5.74, 6) is -1.04. The topological polar surface area (TPSA) is 96.0 Å². The minimum absolute atomic E-state index is 0.0432. The highest BCUT2D eigenvalue weighted by atomic mass is 35.5. The summed E-state index contributed by atoms with van der Waals surface area (Å²) >= 11 is 5.86. The number of carbonyl (C=O) groups excluding carboxylic acids is 2. The Morgan fingerprint density at radius 2 is 1.89 bits per heavy atom. The van der Waals surface area contributed by atoms with Crippen LogP contribution in [0.2, 0.25) is 5.02 Å². The van der Waals surface area contributed by atoms with Crippen molar-refractivity contribution in [2.45, 2.75) is 51.2 Å². The molecule has 8 nitrogen and oxygen atoms in total. The Labute approximate surface area is 216 Å². The first-order valence-electron chi connectivity index (χ1n) is 11.6. The fourth-order valence-corrected chi connectivity index (χ4v) is 5.21. The van der Waals surface area contributed by atoms with Crippen LogP contribution in [0, 0.1) is 5.82 Å². The third-order valence-electron chi connectivity index (χ3n) is 6.23. The molecule has 2 amide bonds. The lowest BCUT2D eigenvalue weighted by molar-refractivity contribution is -0.139. The van der Waals surface area contributed by atoms with Crippen molar-refractivity contribution in [3.63, 3.8) is 0 Å². The van der Waals surface area contributed by atoms with E-state index < -0.39 is 34.3 Å². The molecule has 3 rings (SSSR count). The van der Waals surface area contributed by atoms with Crippen molar-refractivity contribution in [3.05, 3.63) is 58.9 Å². The van der Waals surface area contributed by atoms with Crippen LogP contribution in [-0.2, 0) is 26.2 Å². The molecule has 0 unspecified atom stereocenters. The fraction of sp³-hybridized carbons (Fsp3) is 0.440. The SMILES string of the molecule is COc1cccc(CN(C(=O)CN(c2ccc(F)c(Cl)c2)S(C)(=O)=O)[C@@H](C)C(=O)NC2CCCC2)c1. The number of ether oxygens (including phenoxy) is 1. The number of nitrogens with one attached hydrogen (secondary N) is 1. The van der Waals surface area contributed by atoms with Gasteiger partial charge in [0, 0.05) is 12.6 Å². The quantitative estimate of drug-likeness (QED) is 0.496. The van der Waals surface area contributed by atoms with Gasteiger partial charge >= 0.3 is 0 Å². The zero-order chi connectivity index (χ0) is 26.5. The van der Waals surface area contributed by atoms with E-state index in [9.17, 15) is 22.4 Å². The molecule has 1 N–H and O–H groups in total. The van der Waals surface area contributed by atoms with Crippen molar-refractivity contribution in [1.82, 2.24) is 10.2 Å². The van der Waals surface area contributed by atoms with E-state index in [1.165, 1.54) is 18.1 Å². The van der Waals surface area contributed by atoms with E-state index in [-0.39, 0.29) is 29.2 Å². The van der Waals surface area contributed by atoms with Gasteiger partial charge in [-0.1, -0.05) is 36.6 Å². The minimum Gasteiger partial charge on any atom is -0.497 e. The molecule has 0 radical (unpaired) electrons. The van der Waals surface area contributed by atoms with E-state index in [0.717, 1.165) is 48.4 Å². The average molecular weight is 540 g/mol. The summed E-state index contributed by atoms with van der Waals surface area (Å²) < 4.78 is 45.0. The molecular formula is C25H31ClFN3O5S. The number of sulfonamides is 1. The molecule has 1 atom stereocenters. The largest absolute Gasteiger partial charge is 0.497 e. The molecule has 1 aliphatic rings. The summed E-state index contributed by atoms with van der Waals surface area (Å²) in [5, 5.41) is 2.73. The van der Waals surface area contributed by atoms with Crippen LogP contribution >= 0.6 is 11.6 Å². The van der Waals surface area contributed by atoms with E-state index in [1.807, 2.05) is 0 Å². The van der Waals surface area contributed by atoms with Gasteiger partial charge in [0.25, 0.3) is 0 Å². The maximum absolute atomic E-state index is 13.7. The van der Waals surface area contributed by atoms with Gasteiger partial charge in [0.1, 0.15) is 24.2 Å². The molecule has 0 saturated heterocycles. The summed E-state index contributed by atoms with van der Waals surface area (Å²) in [6.45, 7) is 1.07. The van der Waals surface area contributed by atoms with Crippen molar-refractivity contribution in [3.8, 4) is 5.75 Å². The van der Waals surface area contributed by atoms with Gasteiger partial charge in [-0.2, -0.15) is 0 Å². The Kier molecular flexibility index (Phi) is 9.19. The third kappa shape index (κ3) is 7.10. The molecule has 0 spiro atoms. The number of methoxy groups -OCH3 is 1. The lowest BCUT2D eigenvalue weighted by Gasteiger charge is -2.32. The van der Waals surface area contributed by atoms with Crippen LogP contribution in [0.15, 0.2) is 42.5 Å². The smallest absolute Gasteiger partial charge is 0.244 e. The van der Waals surface area contributed by atoms with Crippen molar-refractivity contribution in [1.29, 1.82) is 0 Å². The van der Waals surface area contributed by atoms with E-state index in [2.05, 4.69) is 5.32 Å². The Bertz CT molecular complexity index is 1200. The van der Waals surface area contributed by atoms with Crippen molar-refractivity contribution in [2.24, 2.45) is 0 Å². The number of carbonyl (C=O) groups is 2. The number of hydrogen-bond acceptors (Lipinski definition) is 5. The zero-order valence-corrected chi connectivity index (χ0v) is 22.1. The molecular weight excluding hydrogens is 509 g/mol. The molecule has 196 valence electrons. The molecule has 36 heavy (non-hydrogen) atoms. The molecule has 1 saturated carbocycles. The van der Waals surface area contributed by atoms with Crippen LogP contribution in [0.1, 0.15) is 38.2 Å². The minimum atomic E-state index is -3.94.